The Balaban J connectivity index is 2.25. The fourth-order valence-corrected chi connectivity index (χ4v) is 2.57. The lowest BCUT2D eigenvalue weighted by Crippen LogP contribution is -2.05. The second-order valence-electron chi connectivity index (χ2n) is 4.56. The molecular formula is C15H15BrN2O3. The lowest BCUT2D eigenvalue weighted by molar-refractivity contribution is -0.385. The van der Waals surface area contributed by atoms with E-state index in [9.17, 15) is 10.1 Å². The van der Waals surface area contributed by atoms with E-state index < -0.39 is 4.92 Å². The van der Waals surface area contributed by atoms with E-state index >= 15 is 0 Å². The molecule has 6 heteroatoms. The smallest absolute Gasteiger partial charge is 0.283 e. The van der Waals surface area contributed by atoms with Crippen molar-refractivity contribution in [2.24, 2.45) is 5.73 Å². The highest BCUT2D eigenvalue weighted by Crippen LogP contribution is 2.30. The number of hydrogen-bond donors (Lipinski definition) is 1. The Labute approximate surface area is 131 Å². The SMILES string of the molecule is Cc1cccc(CN)c1OCc1cccc([N+](=O)[O-])c1Br. The number of nitrogens with zero attached hydrogens (tertiary/aromatic N) is 1. The third kappa shape index (κ3) is 3.40. The van der Waals surface area contributed by atoms with Crippen LogP contribution in [0.5, 0.6) is 5.75 Å². The number of nitrogens with two attached hydrogens (primary N) is 1. The quantitative estimate of drug-likeness (QED) is 0.658. The number of halogens is 1. The Kier molecular flexibility index (Phi) is 4.93. The largest absolute Gasteiger partial charge is 0.488 e. The maximum Gasteiger partial charge on any atom is 0.283 e. The molecule has 0 unspecified atom stereocenters. The molecule has 0 aliphatic heterocycles. The van der Waals surface area contributed by atoms with Gasteiger partial charge in [0.2, 0.25) is 0 Å². The fraction of sp³-hybridized carbons (Fsp3) is 0.200. The van der Waals surface area contributed by atoms with Gasteiger partial charge in [0.1, 0.15) is 16.8 Å². The van der Waals surface area contributed by atoms with Gasteiger partial charge in [-0.1, -0.05) is 30.3 Å². The Morgan fingerprint density at radius 2 is 1.90 bits per heavy atom. The van der Waals surface area contributed by atoms with Gasteiger partial charge < -0.3 is 10.5 Å². The van der Waals surface area contributed by atoms with E-state index in [-0.39, 0.29) is 12.3 Å². The van der Waals surface area contributed by atoms with Crippen molar-refractivity contribution in [1.82, 2.24) is 0 Å². The highest BCUT2D eigenvalue weighted by atomic mass is 79.9. The zero-order valence-corrected chi connectivity index (χ0v) is 13.1. The van der Waals surface area contributed by atoms with Crippen molar-refractivity contribution in [3.63, 3.8) is 0 Å². The molecule has 2 N–H and O–H groups in total. The molecule has 0 aliphatic rings. The number of ether oxygens (including phenoxy) is 1. The molecule has 0 atom stereocenters. The maximum absolute atomic E-state index is 10.9. The number of nitro groups is 1. The van der Waals surface area contributed by atoms with E-state index in [0.29, 0.717) is 11.0 Å². The van der Waals surface area contributed by atoms with E-state index in [4.69, 9.17) is 10.5 Å². The highest BCUT2D eigenvalue weighted by molar-refractivity contribution is 9.10. The molecule has 0 saturated carbocycles. The predicted molar refractivity (Wildman–Crippen MR) is 84.2 cm³/mol. The molecule has 110 valence electrons. The van der Waals surface area contributed by atoms with E-state index in [1.807, 2.05) is 25.1 Å². The summed E-state index contributed by atoms with van der Waals surface area (Å²) >= 11 is 3.26. The third-order valence-electron chi connectivity index (χ3n) is 3.14. The Morgan fingerprint density at radius 1 is 1.24 bits per heavy atom. The van der Waals surface area contributed by atoms with Crippen LogP contribution in [0.2, 0.25) is 0 Å². The predicted octanol–water partition coefficient (Wildman–Crippen LogP) is 3.70. The maximum atomic E-state index is 10.9. The topological polar surface area (TPSA) is 78.4 Å². The second-order valence-corrected chi connectivity index (χ2v) is 5.36. The number of hydrogen-bond acceptors (Lipinski definition) is 4. The van der Waals surface area contributed by atoms with Crippen LogP contribution in [0.25, 0.3) is 0 Å². The third-order valence-corrected chi connectivity index (χ3v) is 4.06. The first-order chi connectivity index (χ1) is 10.0. The molecule has 0 heterocycles. The minimum Gasteiger partial charge on any atom is -0.488 e. The molecule has 0 aromatic heterocycles. The van der Waals surface area contributed by atoms with Gasteiger partial charge >= 0.3 is 0 Å². The Bertz CT molecular complexity index is 674. The van der Waals surface area contributed by atoms with Crippen molar-refractivity contribution in [3.05, 3.63) is 67.7 Å². The molecule has 2 rings (SSSR count). The van der Waals surface area contributed by atoms with Crippen LogP contribution in [0.1, 0.15) is 16.7 Å². The summed E-state index contributed by atoms with van der Waals surface area (Å²) in [7, 11) is 0. The number of para-hydroxylation sites is 1. The summed E-state index contributed by atoms with van der Waals surface area (Å²) in [6.45, 7) is 2.56. The van der Waals surface area contributed by atoms with Crippen molar-refractivity contribution in [1.29, 1.82) is 0 Å². The van der Waals surface area contributed by atoms with E-state index in [0.717, 1.165) is 22.4 Å². The molecule has 2 aromatic carbocycles. The average molecular weight is 351 g/mol. The summed E-state index contributed by atoms with van der Waals surface area (Å²) in [4.78, 5) is 10.5. The van der Waals surface area contributed by atoms with Crippen LogP contribution in [-0.4, -0.2) is 4.92 Å². The van der Waals surface area contributed by atoms with Gasteiger partial charge in [0.25, 0.3) is 5.69 Å². The molecule has 2 aromatic rings. The number of nitro benzene ring substituents is 1. The monoisotopic (exact) mass is 350 g/mol. The van der Waals surface area contributed by atoms with Gasteiger partial charge in [-0.25, -0.2) is 0 Å². The van der Waals surface area contributed by atoms with Crippen molar-refractivity contribution in [3.8, 4) is 5.75 Å². The lowest BCUT2D eigenvalue weighted by atomic mass is 10.1. The van der Waals surface area contributed by atoms with Crippen LogP contribution in [0.3, 0.4) is 0 Å². The highest BCUT2D eigenvalue weighted by Gasteiger charge is 2.15. The van der Waals surface area contributed by atoms with Gasteiger partial charge in [-0.05, 0) is 28.4 Å². The Hall–Kier alpha value is -1.92. The normalized spacial score (nSPS) is 10.4. The van der Waals surface area contributed by atoms with Gasteiger partial charge in [-0.15, -0.1) is 0 Å². The van der Waals surface area contributed by atoms with Crippen molar-refractivity contribution >= 4 is 21.6 Å². The average Bonchev–Trinajstić information content (AvgIpc) is 2.46. The first kappa shape index (κ1) is 15.5. The van der Waals surface area contributed by atoms with Crippen LogP contribution >= 0.6 is 15.9 Å². The zero-order valence-electron chi connectivity index (χ0n) is 11.5. The molecule has 5 nitrogen and oxygen atoms in total. The zero-order chi connectivity index (χ0) is 15.4. The molecule has 0 spiro atoms. The van der Waals surface area contributed by atoms with Gasteiger partial charge in [0.05, 0.1) is 4.92 Å². The standard InChI is InChI=1S/C15H15BrN2O3/c1-10-4-2-5-11(8-17)15(10)21-9-12-6-3-7-13(14(12)16)18(19)20/h2-7H,8-9,17H2,1H3. The molecule has 0 saturated heterocycles. The van der Waals surface area contributed by atoms with Gasteiger partial charge in [-0.2, -0.15) is 0 Å². The van der Waals surface area contributed by atoms with Gasteiger partial charge in [-0.3, -0.25) is 10.1 Å². The first-order valence-electron chi connectivity index (χ1n) is 6.37. The summed E-state index contributed by atoms with van der Waals surface area (Å²) < 4.78 is 6.27. The van der Waals surface area contributed by atoms with E-state index in [1.165, 1.54) is 6.07 Å². The van der Waals surface area contributed by atoms with Crippen LogP contribution in [0.4, 0.5) is 5.69 Å². The molecular weight excluding hydrogens is 336 g/mol. The lowest BCUT2D eigenvalue weighted by Gasteiger charge is -2.14. The number of benzene rings is 2. The molecule has 21 heavy (non-hydrogen) atoms. The first-order valence-corrected chi connectivity index (χ1v) is 7.17. The Morgan fingerprint density at radius 3 is 2.57 bits per heavy atom. The molecule has 0 aliphatic carbocycles. The van der Waals surface area contributed by atoms with E-state index in [2.05, 4.69) is 15.9 Å². The molecule has 0 bridgehead atoms. The van der Waals surface area contributed by atoms with Crippen molar-refractivity contribution < 1.29 is 9.66 Å². The summed E-state index contributed by atoms with van der Waals surface area (Å²) in [6.07, 6.45) is 0. The van der Waals surface area contributed by atoms with Crippen LogP contribution in [0.15, 0.2) is 40.9 Å². The number of aryl methyl sites for hydroxylation is 1. The minimum atomic E-state index is -0.424. The molecule has 0 fully saturated rings. The van der Waals surface area contributed by atoms with Crippen LogP contribution < -0.4 is 10.5 Å². The second kappa shape index (κ2) is 6.69. The number of rotatable bonds is 5. The van der Waals surface area contributed by atoms with Crippen molar-refractivity contribution in [2.75, 3.05) is 0 Å². The molecule has 0 amide bonds. The van der Waals surface area contributed by atoms with Crippen LogP contribution in [0, 0.1) is 17.0 Å². The summed E-state index contributed by atoms with van der Waals surface area (Å²) in [5.41, 5.74) is 8.35. The van der Waals surface area contributed by atoms with Gasteiger partial charge in [0.15, 0.2) is 0 Å². The van der Waals surface area contributed by atoms with Crippen molar-refractivity contribution in [2.45, 2.75) is 20.1 Å². The molecule has 0 radical (unpaired) electrons. The summed E-state index contributed by atoms with van der Waals surface area (Å²) in [5, 5.41) is 10.9. The van der Waals surface area contributed by atoms with E-state index in [1.54, 1.807) is 12.1 Å². The van der Waals surface area contributed by atoms with Gasteiger partial charge in [0, 0.05) is 23.7 Å². The minimum absolute atomic E-state index is 0.0277. The summed E-state index contributed by atoms with van der Waals surface area (Å²) in [5.74, 6) is 0.735. The summed E-state index contributed by atoms with van der Waals surface area (Å²) in [6, 6.07) is 10.7. The van der Waals surface area contributed by atoms with Crippen LogP contribution in [-0.2, 0) is 13.2 Å². The fourth-order valence-electron chi connectivity index (χ4n) is 2.05.